The van der Waals surface area contributed by atoms with Crippen LogP contribution < -0.4 is 10.9 Å². The SMILES string of the molecule is CCn1c(=O)c(C)nc2cc(C(=O)O[C@@H](C)C(=O)NCc3cccs3)ccc21. The number of benzene rings is 1. The van der Waals surface area contributed by atoms with E-state index in [1.165, 1.54) is 18.3 Å². The first kappa shape index (κ1) is 19.8. The van der Waals surface area contributed by atoms with Crippen molar-refractivity contribution in [2.24, 2.45) is 0 Å². The molecule has 7 nitrogen and oxygen atoms in total. The molecule has 8 heteroatoms. The van der Waals surface area contributed by atoms with Crippen LogP contribution in [0.5, 0.6) is 0 Å². The van der Waals surface area contributed by atoms with Gasteiger partial charge in [-0.2, -0.15) is 0 Å². The summed E-state index contributed by atoms with van der Waals surface area (Å²) in [5.41, 5.74) is 1.67. The van der Waals surface area contributed by atoms with Crippen LogP contribution in [0.15, 0.2) is 40.5 Å². The third-order valence-electron chi connectivity index (χ3n) is 4.33. The first-order valence-corrected chi connectivity index (χ1v) is 9.81. The van der Waals surface area contributed by atoms with Gasteiger partial charge in [-0.15, -0.1) is 11.3 Å². The second-order valence-corrected chi connectivity index (χ2v) is 7.33. The van der Waals surface area contributed by atoms with E-state index in [0.717, 1.165) is 4.88 Å². The molecule has 0 aliphatic rings. The minimum Gasteiger partial charge on any atom is -0.449 e. The Labute approximate surface area is 166 Å². The van der Waals surface area contributed by atoms with E-state index in [4.69, 9.17) is 4.74 Å². The fourth-order valence-electron chi connectivity index (χ4n) is 2.83. The number of rotatable bonds is 6. The van der Waals surface area contributed by atoms with Crippen LogP contribution in [0.3, 0.4) is 0 Å². The number of hydrogen-bond acceptors (Lipinski definition) is 6. The van der Waals surface area contributed by atoms with E-state index in [2.05, 4.69) is 10.3 Å². The third-order valence-corrected chi connectivity index (χ3v) is 5.21. The summed E-state index contributed by atoms with van der Waals surface area (Å²) in [5.74, 6) is -0.981. The average Bonchev–Trinajstić information content (AvgIpc) is 3.20. The number of aryl methyl sites for hydroxylation is 2. The quantitative estimate of drug-likeness (QED) is 0.644. The van der Waals surface area contributed by atoms with Crippen LogP contribution >= 0.6 is 11.3 Å². The van der Waals surface area contributed by atoms with Crippen molar-refractivity contribution in [3.63, 3.8) is 0 Å². The van der Waals surface area contributed by atoms with Crippen molar-refractivity contribution in [2.45, 2.75) is 40.0 Å². The number of carbonyl (C=O) groups is 2. The van der Waals surface area contributed by atoms with E-state index < -0.39 is 12.1 Å². The zero-order chi connectivity index (χ0) is 20.3. The fraction of sp³-hybridized carbons (Fsp3) is 0.300. The molecule has 0 radical (unpaired) electrons. The fourth-order valence-corrected chi connectivity index (χ4v) is 3.47. The van der Waals surface area contributed by atoms with Crippen LogP contribution in [0.25, 0.3) is 11.0 Å². The number of thiophene rings is 1. The van der Waals surface area contributed by atoms with Gasteiger partial charge in [0.2, 0.25) is 0 Å². The second-order valence-electron chi connectivity index (χ2n) is 6.29. The number of nitrogens with one attached hydrogen (secondary N) is 1. The lowest BCUT2D eigenvalue weighted by molar-refractivity contribution is -0.129. The number of aromatic nitrogens is 2. The molecular formula is C20H21N3O4S. The van der Waals surface area contributed by atoms with E-state index >= 15 is 0 Å². The molecule has 146 valence electrons. The summed E-state index contributed by atoms with van der Waals surface area (Å²) in [4.78, 5) is 42.1. The molecule has 28 heavy (non-hydrogen) atoms. The highest BCUT2D eigenvalue weighted by Gasteiger charge is 2.19. The normalized spacial score (nSPS) is 12.0. The Balaban J connectivity index is 1.73. The number of fused-ring (bicyclic) bond motifs is 1. The van der Waals surface area contributed by atoms with Gasteiger partial charge in [-0.05, 0) is 50.4 Å². The molecule has 3 rings (SSSR count). The molecular weight excluding hydrogens is 378 g/mol. The van der Waals surface area contributed by atoms with Crippen LogP contribution in [0.4, 0.5) is 0 Å². The largest absolute Gasteiger partial charge is 0.449 e. The smallest absolute Gasteiger partial charge is 0.338 e. The molecule has 0 unspecified atom stereocenters. The third kappa shape index (κ3) is 4.12. The van der Waals surface area contributed by atoms with E-state index in [9.17, 15) is 14.4 Å². The van der Waals surface area contributed by atoms with Crippen molar-refractivity contribution in [1.82, 2.24) is 14.9 Å². The van der Waals surface area contributed by atoms with Gasteiger partial charge >= 0.3 is 5.97 Å². The van der Waals surface area contributed by atoms with Crippen molar-refractivity contribution in [3.05, 3.63) is 62.2 Å². The number of carbonyl (C=O) groups excluding carboxylic acids is 2. The molecule has 0 aliphatic heterocycles. The van der Waals surface area contributed by atoms with Gasteiger partial charge < -0.3 is 14.6 Å². The molecule has 2 heterocycles. The Morgan fingerprint density at radius 3 is 2.79 bits per heavy atom. The maximum absolute atomic E-state index is 12.4. The van der Waals surface area contributed by atoms with Crippen molar-refractivity contribution in [2.75, 3.05) is 0 Å². The van der Waals surface area contributed by atoms with E-state index in [1.54, 1.807) is 29.7 Å². The lowest BCUT2D eigenvalue weighted by Crippen LogP contribution is -2.35. The highest BCUT2D eigenvalue weighted by molar-refractivity contribution is 7.09. The maximum atomic E-state index is 12.4. The van der Waals surface area contributed by atoms with Crippen LogP contribution in [-0.2, 0) is 22.6 Å². The Morgan fingerprint density at radius 1 is 1.32 bits per heavy atom. The number of hydrogen-bond donors (Lipinski definition) is 1. The zero-order valence-corrected chi connectivity index (χ0v) is 16.7. The van der Waals surface area contributed by atoms with Gasteiger partial charge in [0.25, 0.3) is 11.5 Å². The van der Waals surface area contributed by atoms with Crippen LogP contribution in [0.2, 0.25) is 0 Å². The van der Waals surface area contributed by atoms with Crippen LogP contribution in [-0.4, -0.2) is 27.5 Å². The predicted molar refractivity (Wildman–Crippen MR) is 107 cm³/mol. The summed E-state index contributed by atoms with van der Waals surface area (Å²) >= 11 is 1.54. The maximum Gasteiger partial charge on any atom is 0.338 e. The van der Waals surface area contributed by atoms with Crippen LogP contribution in [0.1, 0.15) is 34.8 Å². The van der Waals surface area contributed by atoms with Gasteiger partial charge in [0.1, 0.15) is 5.69 Å². The summed E-state index contributed by atoms with van der Waals surface area (Å²) in [7, 11) is 0. The Hall–Kier alpha value is -3.00. The summed E-state index contributed by atoms with van der Waals surface area (Å²) in [6, 6.07) is 8.64. The number of nitrogens with zero attached hydrogens (tertiary/aromatic N) is 2. The molecule has 0 bridgehead atoms. The molecule has 1 aromatic carbocycles. The molecule has 0 aliphatic carbocycles. The molecule has 3 aromatic rings. The summed E-state index contributed by atoms with van der Waals surface area (Å²) < 4.78 is 6.89. The summed E-state index contributed by atoms with van der Waals surface area (Å²) in [6.07, 6.45) is -0.928. The first-order chi connectivity index (χ1) is 13.4. The minimum atomic E-state index is -0.928. The minimum absolute atomic E-state index is 0.152. The van der Waals surface area contributed by atoms with Gasteiger partial charge in [0.05, 0.1) is 23.1 Å². The molecule has 0 fully saturated rings. The molecule has 1 atom stereocenters. The van der Waals surface area contributed by atoms with Gasteiger partial charge in [0.15, 0.2) is 6.10 Å². The summed E-state index contributed by atoms with van der Waals surface area (Å²) in [5, 5.41) is 4.67. The first-order valence-electron chi connectivity index (χ1n) is 8.93. The number of esters is 1. The van der Waals surface area contributed by atoms with Gasteiger partial charge in [-0.3, -0.25) is 9.59 Å². The van der Waals surface area contributed by atoms with E-state index in [-0.39, 0.29) is 17.0 Å². The summed E-state index contributed by atoms with van der Waals surface area (Å²) in [6.45, 7) is 5.94. The zero-order valence-electron chi connectivity index (χ0n) is 15.9. The Morgan fingerprint density at radius 2 is 2.11 bits per heavy atom. The Kier molecular flexibility index (Phi) is 5.89. The molecule has 1 N–H and O–H groups in total. The van der Waals surface area contributed by atoms with Crippen LogP contribution in [0, 0.1) is 6.92 Å². The standard InChI is InChI=1S/C20H21N3O4S/c1-4-23-17-8-7-14(10-16(17)22-12(2)19(23)25)20(26)27-13(3)18(24)21-11-15-6-5-9-28-15/h5-10,13H,4,11H2,1-3H3,(H,21,24)/t13-/m0/s1. The van der Waals surface area contributed by atoms with Crippen molar-refractivity contribution in [1.29, 1.82) is 0 Å². The number of amides is 1. The van der Waals surface area contributed by atoms with Crippen molar-refractivity contribution in [3.8, 4) is 0 Å². The van der Waals surface area contributed by atoms with E-state index in [1.807, 2.05) is 24.4 Å². The van der Waals surface area contributed by atoms with Gasteiger partial charge in [-0.25, -0.2) is 9.78 Å². The monoisotopic (exact) mass is 399 g/mol. The highest BCUT2D eigenvalue weighted by atomic mass is 32.1. The lowest BCUT2D eigenvalue weighted by atomic mass is 10.2. The van der Waals surface area contributed by atoms with Gasteiger partial charge in [0, 0.05) is 11.4 Å². The number of ether oxygens (including phenoxy) is 1. The molecule has 0 saturated carbocycles. The van der Waals surface area contributed by atoms with Gasteiger partial charge in [-0.1, -0.05) is 6.07 Å². The predicted octanol–water partition coefficient (Wildman–Crippen LogP) is 2.65. The Bertz CT molecular complexity index is 1070. The van der Waals surface area contributed by atoms with Crippen molar-refractivity contribution < 1.29 is 14.3 Å². The van der Waals surface area contributed by atoms with Crippen molar-refractivity contribution >= 4 is 34.2 Å². The molecule has 0 saturated heterocycles. The highest BCUT2D eigenvalue weighted by Crippen LogP contribution is 2.15. The topological polar surface area (TPSA) is 90.3 Å². The average molecular weight is 399 g/mol. The molecule has 2 aromatic heterocycles. The van der Waals surface area contributed by atoms with E-state index in [0.29, 0.717) is 29.8 Å². The second kappa shape index (κ2) is 8.35. The lowest BCUT2D eigenvalue weighted by Gasteiger charge is -2.14. The molecule has 1 amide bonds. The molecule has 0 spiro atoms.